The first-order valence-corrected chi connectivity index (χ1v) is 7.90. The summed E-state index contributed by atoms with van der Waals surface area (Å²) in [6.07, 6.45) is 1.10. The van der Waals surface area contributed by atoms with Crippen molar-refractivity contribution in [1.29, 1.82) is 5.26 Å². The van der Waals surface area contributed by atoms with Gasteiger partial charge in [0.2, 0.25) is 0 Å². The number of amides is 2. The number of ether oxygens (including phenoxy) is 2. The van der Waals surface area contributed by atoms with Crippen molar-refractivity contribution in [3.05, 3.63) is 0 Å². The molecule has 0 aromatic heterocycles. The van der Waals surface area contributed by atoms with Crippen LogP contribution in [0, 0.1) is 17.2 Å². The van der Waals surface area contributed by atoms with Gasteiger partial charge in [-0.1, -0.05) is 0 Å². The Kier molecular flexibility index (Phi) is 6.58. The Morgan fingerprint density at radius 3 is 2.33 bits per heavy atom. The standard InChI is InChI=1S/C16H25N3O5/c1-15(2,3)24-14(22)18-8-7-13(21)23-9-12(20)19-16(4,10-17)11-5-6-11/h11H,5-9H2,1-4H3,(H,18,22)(H,19,20)/t16-/m0/s1. The molecule has 8 heteroatoms. The Morgan fingerprint density at radius 2 is 1.83 bits per heavy atom. The second kappa shape index (κ2) is 7.99. The number of alkyl carbamates (subject to hydrolysis) is 1. The number of hydrogen-bond donors (Lipinski definition) is 2. The maximum atomic E-state index is 11.8. The Morgan fingerprint density at radius 1 is 1.21 bits per heavy atom. The van der Waals surface area contributed by atoms with Crippen molar-refractivity contribution >= 4 is 18.0 Å². The van der Waals surface area contributed by atoms with Gasteiger partial charge in [0.1, 0.15) is 11.1 Å². The minimum atomic E-state index is -0.915. The lowest BCUT2D eigenvalue weighted by Gasteiger charge is -2.22. The lowest BCUT2D eigenvalue weighted by Crippen LogP contribution is -2.48. The molecular weight excluding hydrogens is 314 g/mol. The highest BCUT2D eigenvalue weighted by atomic mass is 16.6. The van der Waals surface area contributed by atoms with Gasteiger partial charge in [-0.15, -0.1) is 0 Å². The van der Waals surface area contributed by atoms with E-state index in [1.165, 1.54) is 0 Å². The Balaban J connectivity index is 2.20. The van der Waals surface area contributed by atoms with Crippen LogP contribution in [0.25, 0.3) is 0 Å². The first-order chi connectivity index (χ1) is 11.1. The highest BCUT2D eigenvalue weighted by molar-refractivity contribution is 5.81. The molecular formula is C16H25N3O5. The number of nitrogens with zero attached hydrogens (tertiary/aromatic N) is 1. The third-order valence-corrected chi connectivity index (χ3v) is 3.39. The zero-order valence-electron chi connectivity index (χ0n) is 14.6. The van der Waals surface area contributed by atoms with Gasteiger partial charge in [0.15, 0.2) is 6.61 Å². The highest BCUT2D eigenvalue weighted by Crippen LogP contribution is 2.39. The molecule has 2 amide bonds. The van der Waals surface area contributed by atoms with Gasteiger partial charge in [-0.2, -0.15) is 5.26 Å². The molecule has 1 aliphatic carbocycles. The molecule has 1 rings (SSSR count). The van der Waals surface area contributed by atoms with Crippen LogP contribution in [-0.4, -0.2) is 42.3 Å². The summed E-state index contributed by atoms with van der Waals surface area (Å²) in [6, 6.07) is 2.09. The number of esters is 1. The minimum Gasteiger partial charge on any atom is -0.456 e. The van der Waals surface area contributed by atoms with Crippen LogP contribution in [0.2, 0.25) is 0 Å². The molecule has 8 nitrogen and oxygen atoms in total. The molecule has 2 N–H and O–H groups in total. The molecule has 1 aliphatic rings. The molecule has 0 radical (unpaired) electrons. The normalized spacial score (nSPS) is 16.3. The molecule has 0 aromatic rings. The van der Waals surface area contributed by atoms with Crippen molar-refractivity contribution in [2.24, 2.45) is 5.92 Å². The Hall–Kier alpha value is -2.30. The molecule has 1 fully saturated rings. The van der Waals surface area contributed by atoms with E-state index in [4.69, 9.17) is 14.7 Å². The zero-order chi connectivity index (χ0) is 18.4. The van der Waals surface area contributed by atoms with Crippen LogP contribution in [0.15, 0.2) is 0 Å². The number of carbonyl (C=O) groups excluding carboxylic acids is 3. The summed E-state index contributed by atoms with van der Waals surface area (Å²) in [5.74, 6) is -0.981. The van der Waals surface area contributed by atoms with Crippen molar-refractivity contribution in [2.75, 3.05) is 13.2 Å². The largest absolute Gasteiger partial charge is 0.456 e. The van der Waals surface area contributed by atoms with E-state index in [-0.39, 0.29) is 18.9 Å². The van der Waals surface area contributed by atoms with E-state index < -0.39 is 35.7 Å². The summed E-state index contributed by atoms with van der Waals surface area (Å²) >= 11 is 0. The zero-order valence-corrected chi connectivity index (χ0v) is 14.6. The predicted octanol–water partition coefficient (Wildman–Crippen LogP) is 1.25. The molecule has 24 heavy (non-hydrogen) atoms. The highest BCUT2D eigenvalue weighted by Gasteiger charge is 2.43. The lowest BCUT2D eigenvalue weighted by atomic mass is 9.98. The van der Waals surface area contributed by atoms with E-state index >= 15 is 0 Å². The van der Waals surface area contributed by atoms with Crippen LogP contribution >= 0.6 is 0 Å². The SMILES string of the molecule is CC(C)(C)OC(=O)NCCC(=O)OCC(=O)N[C@@](C)(C#N)C1CC1. The lowest BCUT2D eigenvalue weighted by molar-refractivity contribution is -0.148. The summed E-state index contributed by atoms with van der Waals surface area (Å²) in [7, 11) is 0. The maximum absolute atomic E-state index is 11.8. The number of carbonyl (C=O) groups is 3. The van der Waals surface area contributed by atoms with E-state index in [0.29, 0.717) is 0 Å². The van der Waals surface area contributed by atoms with E-state index in [1.807, 2.05) is 0 Å². The first-order valence-electron chi connectivity index (χ1n) is 7.90. The quantitative estimate of drug-likeness (QED) is 0.674. The minimum absolute atomic E-state index is 0.0490. The van der Waals surface area contributed by atoms with Crippen LogP contribution in [0.1, 0.15) is 47.0 Å². The van der Waals surface area contributed by atoms with Gasteiger partial charge in [-0.05, 0) is 46.5 Å². The van der Waals surface area contributed by atoms with Crippen LogP contribution in [-0.2, 0) is 19.1 Å². The smallest absolute Gasteiger partial charge is 0.407 e. The van der Waals surface area contributed by atoms with Crippen molar-refractivity contribution in [3.8, 4) is 6.07 Å². The molecule has 0 aliphatic heterocycles. The molecule has 0 bridgehead atoms. The van der Waals surface area contributed by atoms with Crippen LogP contribution in [0.5, 0.6) is 0 Å². The summed E-state index contributed by atoms with van der Waals surface area (Å²) in [5.41, 5.74) is -1.53. The molecule has 0 spiro atoms. The average molecular weight is 339 g/mol. The van der Waals surface area contributed by atoms with Gasteiger partial charge >= 0.3 is 12.1 Å². The van der Waals surface area contributed by atoms with Crippen LogP contribution < -0.4 is 10.6 Å². The molecule has 0 unspecified atom stereocenters. The van der Waals surface area contributed by atoms with Gasteiger partial charge in [0.05, 0.1) is 12.5 Å². The van der Waals surface area contributed by atoms with Gasteiger partial charge in [-0.25, -0.2) is 4.79 Å². The summed E-state index contributed by atoms with van der Waals surface area (Å²) in [4.78, 5) is 34.7. The van der Waals surface area contributed by atoms with Gasteiger partial charge in [0, 0.05) is 6.54 Å². The number of nitrogens with one attached hydrogen (secondary N) is 2. The summed E-state index contributed by atoms with van der Waals surface area (Å²) in [5, 5.41) is 14.2. The molecule has 134 valence electrons. The fourth-order valence-corrected chi connectivity index (χ4v) is 2.01. The average Bonchev–Trinajstić information content (AvgIpc) is 3.28. The third kappa shape index (κ3) is 7.31. The van der Waals surface area contributed by atoms with Gasteiger partial charge < -0.3 is 20.1 Å². The predicted molar refractivity (Wildman–Crippen MR) is 84.7 cm³/mol. The molecule has 0 heterocycles. The van der Waals surface area contributed by atoms with E-state index in [9.17, 15) is 14.4 Å². The summed E-state index contributed by atoms with van der Waals surface area (Å²) in [6.45, 7) is 6.46. The Labute approximate surface area is 141 Å². The second-order valence-electron chi connectivity index (χ2n) is 6.98. The second-order valence-corrected chi connectivity index (χ2v) is 6.98. The number of hydrogen-bond acceptors (Lipinski definition) is 6. The van der Waals surface area contributed by atoms with Crippen molar-refractivity contribution in [1.82, 2.24) is 10.6 Å². The topological polar surface area (TPSA) is 118 Å². The fourth-order valence-electron chi connectivity index (χ4n) is 2.01. The third-order valence-electron chi connectivity index (χ3n) is 3.39. The molecule has 0 saturated heterocycles. The van der Waals surface area contributed by atoms with E-state index in [1.54, 1.807) is 27.7 Å². The molecule has 1 atom stereocenters. The number of nitriles is 1. The maximum Gasteiger partial charge on any atom is 0.407 e. The van der Waals surface area contributed by atoms with E-state index in [0.717, 1.165) is 12.8 Å². The van der Waals surface area contributed by atoms with Crippen LogP contribution in [0.3, 0.4) is 0 Å². The van der Waals surface area contributed by atoms with Gasteiger partial charge in [-0.3, -0.25) is 9.59 Å². The number of rotatable bonds is 7. The first kappa shape index (κ1) is 19.7. The van der Waals surface area contributed by atoms with E-state index in [2.05, 4.69) is 16.7 Å². The van der Waals surface area contributed by atoms with Crippen molar-refractivity contribution < 1.29 is 23.9 Å². The molecule has 1 saturated carbocycles. The Bertz CT molecular complexity index is 531. The monoisotopic (exact) mass is 339 g/mol. The summed E-state index contributed by atoms with van der Waals surface area (Å²) < 4.78 is 9.84. The fraction of sp³-hybridized carbons (Fsp3) is 0.750. The molecule has 0 aromatic carbocycles. The van der Waals surface area contributed by atoms with Crippen molar-refractivity contribution in [3.63, 3.8) is 0 Å². The van der Waals surface area contributed by atoms with Crippen molar-refractivity contribution in [2.45, 2.75) is 58.1 Å². The van der Waals surface area contributed by atoms with Gasteiger partial charge in [0.25, 0.3) is 5.91 Å². The van der Waals surface area contributed by atoms with Crippen LogP contribution in [0.4, 0.5) is 4.79 Å².